The van der Waals surface area contributed by atoms with Crippen molar-refractivity contribution < 1.29 is 4.74 Å². The molecule has 0 aliphatic heterocycles. The van der Waals surface area contributed by atoms with Crippen molar-refractivity contribution in [1.82, 2.24) is 9.97 Å². The van der Waals surface area contributed by atoms with Gasteiger partial charge in [0.05, 0.1) is 12.3 Å². The molecule has 0 bridgehead atoms. The van der Waals surface area contributed by atoms with Crippen LogP contribution in [0.3, 0.4) is 0 Å². The van der Waals surface area contributed by atoms with E-state index >= 15 is 0 Å². The molecule has 0 unspecified atom stereocenters. The van der Waals surface area contributed by atoms with Crippen LogP contribution in [-0.2, 0) is 0 Å². The van der Waals surface area contributed by atoms with Crippen LogP contribution in [0, 0.1) is 0 Å². The minimum Gasteiger partial charge on any atom is -0.482 e. The number of pyridine rings is 1. The molecule has 2 heterocycles. The van der Waals surface area contributed by atoms with E-state index in [4.69, 9.17) is 10.5 Å². The average Bonchev–Trinajstić information content (AvgIpc) is 2.63. The van der Waals surface area contributed by atoms with Crippen LogP contribution in [0.25, 0.3) is 10.7 Å². The topological polar surface area (TPSA) is 61.0 Å². The van der Waals surface area contributed by atoms with Gasteiger partial charge in [-0.05, 0) is 19.1 Å². The standard InChI is InChI=1S/C10H11N3OS/c1-2-14-10-8(11)13-9(15-10)7-5-3-4-6-12-7/h3-6H,2,11H2,1H3. The van der Waals surface area contributed by atoms with E-state index in [1.807, 2.05) is 25.1 Å². The van der Waals surface area contributed by atoms with E-state index in [1.54, 1.807) is 6.20 Å². The first kappa shape index (κ1) is 9.92. The van der Waals surface area contributed by atoms with Crippen LogP contribution >= 0.6 is 11.3 Å². The van der Waals surface area contributed by atoms with Gasteiger partial charge in [0.2, 0.25) is 5.06 Å². The quantitative estimate of drug-likeness (QED) is 0.863. The summed E-state index contributed by atoms with van der Waals surface area (Å²) in [4.78, 5) is 8.41. The Labute approximate surface area is 91.8 Å². The summed E-state index contributed by atoms with van der Waals surface area (Å²) < 4.78 is 5.34. The van der Waals surface area contributed by atoms with Crippen molar-refractivity contribution >= 4 is 17.2 Å². The smallest absolute Gasteiger partial charge is 0.219 e. The summed E-state index contributed by atoms with van der Waals surface area (Å²) in [5.74, 6) is 0.433. The molecule has 0 aliphatic rings. The molecule has 0 radical (unpaired) electrons. The third-order valence-corrected chi connectivity index (χ3v) is 2.79. The number of hydrogen-bond donors (Lipinski definition) is 1. The normalized spacial score (nSPS) is 10.2. The summed E-state index contributed by atoms with van der Waals surface area (Å²) >= 11 is 1.42. The summed E-state index contributed by atoms with van der Waals surface area (Å²) in [6, 6.07) is 5.68. The lowest BCUT2D eigenvalue weighted by Crippen LogP contribution is -1.93. The van der Waals surface area contributed by atoms with Crippen LogP contribution in [0.5, 0.6) is 5.06 Å². The number of nitrogen functional groups attached to an aromatic ring is 1. The summed E-state index contributed by atoms with van der Waals surface area (Å²) in [7, 11) is 0. The lowest BCUT2D eigenvalue weighted by atomic mass is 10.4. The number of rotatable bonds is 3. The first-order valence-electron chi connectivity index (χ1n) is 4.61. The number of aromatic nitrogens is 2. The number of hydrogen-bond acceptors (Lipinski definition) is 5. The van der Waals surface area contributed by atoms with Gasteiger partial charge in [0.1, 0.15) is 5.01 Å². The first-order chi connectivity index (χ1) is 7.31. The highest BCUT2D eigenvalue weighted by molar-refractivity contribution is 7.17. The molecule has 2 aromatic heterocycles. The van der Waals surface area contributed by atoms with Gasteiger partial charge < -0.3 is 10.5 Å². The van der Waals surface area contributed by atoms with Gasteiger partial charge in [0.15, 0.2) is 5.82 Å². The lowest BCUT2D eigenvalue weighted by molar-refractivity contribution is 0.351. The van der Waals surface area contributed by atoms with Crippen molar-refractivity contribution in [3.8, 4) is 15.8 Å². The van der Waals surface area contributed by atoms with Gasteiger partial charge in [0.25, 0.3) is 0 Å². The fourth-order valence-corrected chi connectivity index (χ4v) is 2.02. The van der Waals surface area contributed by atoms with E-state index in [0.717, 1.165) is 10.7 Å². The Morgan fingerprint density at radius 3 is 3.00 bits per heavy atom. The zero-order valence-electron chi connectivity index (χ0n) is 8.30. The molecule has 0 atom stereocenters. The number of ether oxygens (including phenoxy) is 1. The zero-order valence-corrected chi connectivity index (χ0v) is 9.12. The van der Waals surface area contributed by atoms with Crippen LogP contribution in [0.4, 0.5) is 5.82 Å². The van der Waals surface area contributed by atoms with Crippen molar-refractivity contribution in [2.75, 3.05) is 12.3 Å². The van der Waals surface area contributed by atoms with Gasteiger partial charge in [-0.3, -0.25) is 4.98 Å². The molecule has 2 rings (SSSR count). The Bertz CT molecular complexity index is 441. The van der Waals surface area contributed by atoms with Crippen LogP contribution in [0.15, 0.2) is 24.4 Å². The van der Waals surface area contributed by atoms with Crippen molar-refractivity contribution in [3.63, 3.8) is 0 Å². The monoisotopic (exact) mass is 221 g/mol. The maximum absolute atomic E-state index is 5.71. The van der Waals surface area contributed by atoms with Gasteiger partial charge in [-0.1, -0.05) is 17.4 Å². The second-order valence-corrected chi connectivity index (χ2v) is 3.80. The summed E-state index contributed by atoms with van der Waals surface area (Å²) in [6.45, 7) is 2.51. The molecule has 2 aromatic rings. The molecular formula is C10H11N3OS. The molecule has 0 spiro atoms. The van der Waals surface area contributed by atoms with Gasteiger partial charge in [0, 0.05) is 6.20 Å². The van der Waals surface area contributed by atoms with Gasteiger partial charge in [-0.2, -0.15) is 0 Å². The summed E-state index contributed by atoms with van der Waals surface area (Å²) in [5, 5.41) is 1.45. The second kappa shape index (κ2) is 4.27. The SMILES string of the molecule is CCOc1sc(-c2ccccn2)nc1N. The van der Waals surface area contributed by atoms with Crippen molar-refractivity contribution in [1.29, 1.82) is 0 Å². The van der Waals surface area contributed by atoms with Gasteiger partial charge in [-0.25, -0.2) is 4.98 Å². The van der Waals surface area contributed by atoms with Gasteiger partial charge in [-0.15, -0.1) is 0 Å². The largest absolute Gasteiger partial charge is 0.482 e. The molecule has 0 amide bonds. The van der Waals surface area contributed by atoms with E-state index in [9.17, 15) is 0 Å². The molecule has 15 heavy (non-hydrogen) atoms. The van der Waals surface area contributed by atoms with Crippen LogP contribution in [-0.4, -0.2) is 16.6 Å². The van der Waals surface area contributed by atoms with E-state index in [0.29, 0.717) is 17.5 Å². The predicted molar refractivity (Wildman–Crippen MR) is 60.9 cm³/mol. The minimum atomic E-state index is 0.433. The molecule has 4 nitrogen and oxygen atoms in total. The highest BCUT2D eigenvalue weighted by Crippen LogP contribution is 2.34. The Morgan fingerprint density at radius 1 is 1.47 bits per heavy atom. The van der Waals surface area contributed by atoms with Crippen LogP contribution in [0.2, 0.25) is 0 Å². The lowest BCUT2D eigenvalue weighted by Gasteiger charge is -1.96. The Hall–Kier alpha value is -1.62. The Balaban J connectivity index is 2.34. The second-order valence-electron chi connectivity index (χ2n) is 2.84. The highest BCUT2D eigenvalue weighted by Gasteiger charge is 2.11. The van der Waals surface area contributed by atoms with Gasteiger partial charge >= 0.3 is 0 Å². The molecule has 0 saturated carbocycles. The number of anilines is 1. The van der Waals surface area contributed by atoms with E-state index < -0.39 is 0 Å². The molecule has 0 aliphatic carbocycles. The summed E-state index contributed by atoms with van der Waals surface area (Å²) in [6.07, 6.45) is 1.73. The molecular weight excluding hydrogens is 210 g/mol. The minimum absolute atomic E-state index is 0.433. The fourth-order valence-electron chi connectivity index (χ4n) is 1.15. The van der Waals surface area contributed by atoms with Crippen molar-refractivity contribution in [2.45, 2.75) is 6.92 Å². The maximum atomic E-state index is 5.71. The van der Waals surface area contributed by atoms with Crippen LogP contribution in [0.1, 0.15) is 6.92 Å². The molecule has 78 valence electrons. The first-order valence-corrected chi connectivity index (χ1v) is 5.43. The predicted octanol–water partition coefficient (Wildman–Crippen LogP) is 2.19. The number of nitrogens with two attached hydrogens (primary N) is 1. The molecule has 0 aromatic carbocycles. The van der Waals surface area contributed by atoms with E-state index in [-0.39, 0.29) is 0 Å². The van der Waals surface area contributed by atoms with Crippen LogP contribution < -0.4 is 10.5 Å². The number of thiazole rings is 1. The third-order valence-electron chi connectivity index (χ3n) is 1.78. The zero-order chi connectivity index (χ0) is 10.7. The molecule has 2 N–H and O–H groups in total. The average molecular weight is 221 g/mol. The van der Waals surface area contributed by atoms with E-state index in [1.165, 1.54) is 11.3 Å². The fraction of sp³-hybridized carbons (Fsp3) is 0.200. The molecule has 0 saturated heterocycles. The molecule has 0 fully saturated rings. The third kappa shape index (κ3) is 2.07. The number of nitrogens with zero attached hydrogens (tertiary/aromatic N) is 2. The maximum Gasteiger partial charge on any atom is 0.219 e. The Morgan fingerprint density at radius 2 is 2.33 bits per heavy atom. The van der Waals surface area contributed by atoms with Crippen molar-refractivity contribution in [3.05, 3.63) is 24.4 Å². The Kier molecular flexibility index (Phi) is 2.82. The summed E-state index contributed by atoms with van der Waals surface area (Å²) in [5.41, 5.74) is 6.53. The highest BCUT2D eigenvalue weighted by atomic mass is 32.1. The van der Waals surface area contributed by atoms with Crippen molar-refractivity contribution in [2.24, 2.45) is 0 Å². The molecule has 5 heteroatoms. The van der Waals surface area contributed by atoms with E-state index in [2.05, 4.69) is 9.97 Å².